The molecule has 27 heavy (non-hydrogen) atoms. The van der Waals surface area contributed by atoms with Crippen molar-refractivity contribution in [3.8, 4) is 0 Å². The number of carboxylic acids is 1. The zero-order valence-corrected chi connectivity index (χ0v) is 17.6. The summed E-state index contributed by atoms with van der Waals surface area (Å²) in [5, 5.41) is 14.0. The van der Waals surface area contributed by atoms with Gasteiger partial charge < -0.3 is 0 Å². The fraction of sp³-hybridized carbons (Fsp3) is 0.167. The van der Waals surface area contributed by atoms with Gasteiger partial charge in [-0.3, -0.25) is 0 Å². The first kappa shape index (κ1) is 21.3. The van der Waals surface area contributed by atoms with Crippen molar-refractivity contribution in [1.82, 2.24) is 5.32 Å². The fourth-order valence-corrected chi connectivity index (χ4v) is 6.15. The average molecular weight is 472 g/mol. The molecule has 0 aliphatic heterocycles. The quantitative estimate of drug-likeness (QED) is 0.513. The van der Waals surface area contributed by atoms with Gasteiger partial charge >= 0.3 is 172 Å². The van der Waals surface area contributed by atoms with Crippen LogP contribution in [0.15, 0.2) is 48.5 Å². The Morgan fingerprint density at radius 1 is 1.15 bits per heavy atom. The Morgan fingerprint density at radius 3 is 2.48 bits per heavy atom. The topological polar surface area (TPSA) is 95.5 Å². The first-order valence-corrected chi connectivity index (χ1v) is 12.0. The second-order valence-corrected chi connectivity index (χ2v) is 10.1. The van der Waals surface area contributed by atoms with E-state index in [1.54, 1.807) is 43.3 Å². The minimum atomic E-state index is -1.09. The van der Waals surface area contributed by atoms with Crippen molar-refractivity contribution in [2.45, 2.75) is 12.2 Å². The van der Waals surface area contributed by atoms with Crippen LogP contribution in [0.5, 0.6) is 0 Å². The number of carbonyl (C=O) groups is 3. The van der Waals surface area contributed by atoms with Gasteiger partial charge in [-0.05, 0) is 0 Å². The Kier molecular flexibility index (Phi) is 8.19. The van der Waals surface area contributed by atoms with Gasteiger partial charge in [-0.2, -0.15) is 0 Å². The van der Waals surface area contributed by atoms with Gasteiger partial charge in [-0.1, -0.05) is 0 Å². The molecule has 2 amide bonds. The molecule has 6 nitrogen and oxygen atoms in total. The maximum absolute atomic E-state index is 12.6. The predicted octanol–water partition coefficient (Wildman–Crippen LogP) is 2.16. The molecular weight excluding hydrogens is 455 g/mol. The minimum absolute atomic E-state index is 0.200. The molecule has 142 valence electrons. The van der Waals surface area contributed by atoms with Crippen LogP contribution in [-0.4, -0.2) is 48.5 Å². The average Bonchev–Trinajstić information content (AvgIpc) is 2.66. The summed E-state index contributed by atoms with van der Waals surface area (Å²) < 4.78 is 0.847. The third-order valence-electron chi connectivity index (χ3n) is 3.30. The number of hydrogen-bond donors (Lipinski definition) is 3. The molecule has 0 aliphatic rings. The van der Waals surface area contributed by atoms with Crippen LogP contribution in [0, 0.1) is 0 Å². The van der Waals surface area contributed by atoms with E-state index in [1.807, 2.05) is 12.1 Å². The summed E-state index contributed by atoms with van der Waals surface area (Å²) in [5.41, 5.74) is 1.18. The Bertz CT molecular complexity index is 832. The van der Waals surface area contributed by atoms with Crippen LogP contribution in [0.25, 0.3) is 0 Å². The molecule has 1 unspecified atom stereocenters. The summed E-state index contributed by atoms with van der Waals surface area (Å²) in [4.78, 5) is 35.0. The van der Waals surface area contributed by atoms with Gasteiger partial charge in [0.2, 0.25) is 0 Å². The number of amides is 2. The molecule has 0 spiro atoms. The Morgan fingerprint density at radius 2 is 1.81 bits per heavy atom. The standard InChI is InChI=1S/C18H17ClN2O4SSe/c1-11(17(24)20-10-16(22)23)26-27-15-5-3-2-4-14(15)18(25)21-13-8-6-12(19)7-9-13/h2-9,11H,10H2,1H3,(H,20,24)(H,21,25)(H,22,23). The summed E-state index contributed by atoms with van der Waals surface area (Å²) in [6, 6.07) is 14.0. The number of hydrogen-bond acceptors (Lipinski definition) is 4. The maximum atomic E-state index is 12.6. The Hall–Kier alpha value is -1.99. The van der Waals surface area contributed by atoms with Crippen LogP contribution in [0.1, 0.15) is 17.3 Å². The Balaban J connectivity index is 2.00. The molecule has 0 aromatic heterocycles. The van der Waals surface area contributed by atoms with Crippen LogP contribution < -0.4 is 15.1 Å². The summed E-state index contributed by atoms with van der Waals surface area (Å²) in [5.74, 6) is -1.67. The molecular formula is C18H17ClN2O4SSe. The molecule has 2 aromatic carbocycles. The van der Waals surface area contributed by atoms with E-state index in [1.165, 1.54) is 10.2 Å². The molecule has 0 radical (unpaired) electrons. The molecule has 9 heteroatoms. The zero-order chi connectivity index (χ0) is 19.8. The number of rotatable bonds is 8. The van der Waals surface area contributed by atoms with Crippen molar-refractivity contribution in [3.63, 3.8) is 0 Å². The molecule has 1 atom stereocenters. The molecule has 0 bridgehead atoms. The van der Waals surface area contributed by atoms with Crippen molar-refractivity contribution in [3.05, 3.63) is 59.1 Å². The van der Waals surface area contributed by atoms with Crippen LogP contribution in [0.4, 0.5) is 5.69 Å². The second-order valence-electron chi connectivity index (χ2n) is 5.39. The van der Waals surface area contributed by atoms with Gasteiger partial charge in [0.15, 0.2) is 0 Å². The summed E-state index contributed by atoms with van der Waals surface area (Å²) in [6.07, 6.45) is 0. The molecule has 2 rings (SSSR count). The summed E-state index contributed by atoms with van der Waals surface area (Å²) in [6.45, 7) is 1.30. The van der Waals surface area contributed by atoms with E-state index in [2.05, 4.69) is 10.6 Å². The van der Waals surface area contributed by atoms with Crippen molar-refractivity contribution in [2.24, 2.45) is 0 Å². The van der Waals surface area contributed by atoms with Gasteiger partial charge in [0, 0.05) is 0 Å². The van der Waals surface area contributed by atoms with E-state index in [0.29, 0.717) is 16.3 Å². The number of benzene rings is 2. The number of anilines is 1. The number of nitrogens with one attached hydrogen (secondary N) is 2. The number of aliphatic carboxylic acids is 1. The summed E-state index contributed by atoms with van der Waals surface area (Å²) >= 11 is 5.65. The second kappa shape index (κ2) is 10.4. The van der Waals surface area contributed by atoms with Crippen LogP contribution in [0.3, 0.4) is 0 Å². The molecule has 2 aromatic rings. The predicted molar refractivity (Wildman–Crippen MR) is 109 cm³/mol. The normalized spacial score (nSPS) is 11.5. The first-order valence-electron chi connectivity index (χ1n) is 7.85. The van der Waals surface area contributed by atoms with Crippen LogP contribution >= 0.6 is 21.8 Å². The molecule has 0 aliphatic carbocycles. The van der Waals surface area contributed by atoms with Gasteiger partial charge in [-0.15, -0.1) is 0 Å². The van der Waals surface area contributed by atoms with Gasteiger partial charge in [0.1, 0.15) is 0 Å². The van der Waals surface area contributed by atoms with Crippen LogP contribution in [-0.2, 0) is 9.59 Å². The van der Waals surface area contributed by atoms with Crippen molar-refractivity contribution in [1.29, 1.82) is 0 Å². The first-order chi connectivity index (χ1) is 12.9. The Labute approximate surface area is 171 Å². The third kappa shape index (κ3) is 6.92. The fourth-order valence-electron chi connectivity index (χ4n) is 1.93. The van der Waals surface area contributed by atoms with Crippen molar-refractivity contribution < 1.29 is 19.5 Å². The molecule has 0 saturated heterocycles. The monoisotopic (exact) mass is 472 g/mol. The zero-order valence-electron chi connectivity index (χ0n) is 14.3. The SMILES string of the molecule is CC(S[Se]c1ccccc1C(=O)Nc1ccc(Cl)cc1)C(=O)NCC(=O)O. The molecule has 0 saturated carbocycles. The number of carboxylic acid groups (broad SMARTS) is 1. The van der Waals surface area contributed by atoms with Crippen molar-refractivity contribution in [2.75, 3.05) is 11.9 Å². The molecule has 0 heterocycles. The summed E-state index contributed by atoms with van der Waals surface area (Å²) in [7, 11) is 1.39. The van der Waals surface area contributed by atoms with Gasteiger partial charge in [-0.25, -0.2) is 0 Å². The van der Waals surface area contributed by atoms with E-state index >= 15 is 0 Å². The van der Waals surface area contributed by atoms with E-state index in [9.17, 15) is 14.4 Å². The number of halogens is 1. The third-order valence-corrected chi connectivity index (χ3v) is 8.63. The van der Waals surface area contributed by atoms with E-state index in [0.717, 1.165) is 4.46 Å². The van der Waals surface area contributed by atoms with Crippen molar-refractivity contribution >= 4 is 63.5 Å². The van der Waals surface area contributed by atoms with Gasteiger partial charge in [0.25, 0.3) is 0 Å². The number of carbonyl (C=O) groups excluding carboxylic acids is 2. The van der Waals surface area contributed by atoms with Gasteiger partial charge in [0.05, 0.1) is 0 Å². The van der Waals surface area contributed by atoms with E-state index in [-0.39, 0.29) is 25.7 Å². The molecule has 0 fully saturated rings. The van der Waals surface area contributed by atoms with Crippen LogP contribution in [0.2, 0.25) is 5.02 Å². The molecule has 3 N–H and O–H groups in total. The van der Waals surface area contributed by atoms with E-state index in [4.69, 9.17) is 16.7 Å². The van der Waals surface area contributed by atoms with E-state index < -0.39 is 17.8 Å².